The molecule has 0 fully saturated rings. The molecule has 1 unspecified atom stereocenters. The van der Waals surface area contributed by atoms with Crippen LogP contribution in [0, 0.1) is 22.7 Å². The second-order valence-corrected chi connectivity index (χ2v) is 6.69. The molecule has 0 saturated carbocycles. The highest BCUT2D eigenvalue weighted by atomic mass is 16.1. The van der Waals surface area contributed by atoms with Crippen molar-refractivity contribution in [2.45, 2.75) is 6.04 Å². The van der Waals surface area contributed by atoms with E-state index in [2.05, 4.69) is 17.1 Å². The molecule has 2 aromatic carbocycles. The summed E-state index contributed by atoms with van der Waals surface area (Å²) >= 11 is 0. The summed E-state index contributed by atoms with van der Waals surface area (Å²) in [5.41, 5.74) is 4.40. The van der Waals surface area contributed by atoms with E-state index in [4.69, 9.17) is 0 Å². The van der Waals surface area contributed by atoms with E-state index in [0.29, 0.717) is 28.1 Å². The monoisotopic (exact) mass is 388 g/mol. The molecule has 1 aromatic heterocycles. The van der Waals surface area contributed by atoms with Gasteiger partial charge in [-0.2, -0.15) is 10.5 Å². The summed E-state index contributed by atoms with van der Waals surface area (Å²) in [5.74, 6) is 0. The summed E-state index contributed by atoms with van der Waals surface area (Å²) in [6, 6.07) is 25.7. The lowest BCUT2D eigenvalue weighted by Gasteiger charge is -2.33. The Morgan fingerprint density at radius 3 is 2.40 bits per heavy atom. The second-order valence-electron chi connectivity index (χ2n) is 6.69. The number of aromatic nitrogens is 1. The Labute approximate surface area is 174 Å². The predicted molar refractivity (Wildman–Crippen MR) is 115 cm³/mol. The number of anilines is 1. The van der Waals surface area contributed by atoms with Crippen LogP contribution >= 0.6 is 0 Å². The molecule has 3 aromatic rings. The Balaban J connectivity index is 1.94. The normalized spacial score (nSPS) is 15.4. The molecule has 1 aliphatic rings. The van der Waals surface area contributed by atoms with Crippen molar-refractivity contribution >= 4 is 23.1 Å². The molecule has 0 N–H and O–H groups in total. The molecule has 0 amide bonds. The highest BCUT2D eigenvalue weighted by Gasteiger charge is 2.28. The zero-order valence-corrected chi connectivity index (χ0v) is 15.9. The summed E-state index contributed by atoms with van der Waals surface area (Å²) in [4.78, 5) is 18.5. The van der Waals surface area contributed by atoms with Crippen LogP contribution in [0.3, 0.4) is 0 Å². The maximum Gasteiger partial charge on any atom is 0.147 e. The molecule has 1 aliphatic heterocycles. The van der Waals surface area contributed by atoms with Crippen LogP contribution in [0.5, 0.6) is 0 Å². The van der Waals surface area contributed by atoms with Gasteiger partial charge in [0.2, 0.25) is 0 Å². The van der Waals surface area contributed by atoms with E-state index in [1.165, 1.54) is 0 Å². The smallest absolute Gasteiger partial charge is 0.147 e. The minimum absolute atomic E-state index is 0.310. The van der Waals surface area contributed by atoms with Gasteiger partial charge in [-0.05, 0) is 47.5 Å². The van der Waals surface area contributed by atoms with Gasteiger partial charge in [-0.1, -0.05) is 42.5 Å². The van der Waals surface area contributed by atoms with E-state index >= 15 is 0 Å². The van der Waals surface area contributed by atoms with Gasteiger partial charge in [-0.25, -0.2) is 4.98 Å². The molecule has 1 atom stereocenters. The number of hydrogen-bond acceptors (Lipinski definition) is 5. The van der Waals surface area contributed by atoms with Gasteiger partial charge in [-0.15, -0.1) is 0 Å². The van der Waals surface area contributed by atoms with E-state index in [9.17, 15) is 15.3 Å². The average molecular weight is 388 g/mol. The van der Waals surface area contributed by atoms with Gasteiger partial charge in [0, 0.05) is 17.5 Å². The van der Waals surface area contributed by atoms with Gasteiger partial charge < -0.3 is 9.69 Å². The van der Waals surface area contributed by atoms with Crippen LogP contribution in [-0.2, 0) is 4.79 Å². The van der Waals surface area contributed by atoms with Crippen LogP contribution in [0.25, 0.3) is 11.1 Å². The van der Waals surface area contributed by atoms with Crippen molar-refractivity contribution in [3.05, 3.63) is 108 Å². The Morgan fingerprint density at radius 2 is 1.67 bits per heavy atom. The average Bonchev–Trinajstić information content (AvgIpc) is 2.83. The fourth-order valence-electron chi connectivity index (χ4n) is 3.51. The number of benzene rings is 2. The fourth-order valence-corrected chi connectivity index (χ4v) is 3.51. The van der Waals surface area contributed by atoms with Crippen LogP contribution in [-0.4, -0.2) is 17.3 Å². The molecule has 4 rings (SSSR count). The Hall–Kier alpha value is -4.48. The van der Waals surface area contributed by atoms with Crippen molar-refractivity contribution in [2.24, 2.45) is 0 Å². The van der Waals surface area contributed by atoms with Crippen LogP contribution in [0.1, 0.15) is 22.5 Å². The molecule has 30 heavy (non-hydrogen) atoms. The van der Waals surface area contributed by atoms with Gasteiger partial charge >= 0.3 is 0 Å². The van der Waals surface area contributed by atoms with Crippen molar-refractivity contribution < 1.29 is 4.79 Å². The summed E-state index contributed by atoms with van der Waals surface area (Å²) < 4.78 is 0. The number of nitriles is 2. The zero-order chi connectivity index (χ0) is 20.9. The molecule has 0 spiro atoms. The number of carbonyl (C=O) groups is 1. The fraction of sp³-hybridized carbons (Fsp3) is 0.0400. The standard InChI is InChI=1S/C25H16N4O/c26-14-18-7-4-5-11-22(18)23-13-19(24-12-6-8-20(15-27)28-24)16-29(25(23)17-30)21-9-2-1-3-10-21/h1-13,16-17,25H. The zero-order valence-electron chi connectivity index (χ0n) is 15.9. The first kappa shape index (κ1) is 18.9. The first-order valence-electron chi connectivity index (χ1n) is 9.34. The van der Waals surface area contributed by atoms with Gasteiger partial charge in [0.15, 0.2) is 0 Å². The minimum Gasteiger partial charge on any atom is -0.333 e. The topological polar surface area (TPSA) is 80.8 Å². The van der Waals surface area contributed by atoms with Crippen molar-refractivity contribution in [3.8, 4) is 12.1 Å². The predicted octanol–water partition coefficient (Wildman–Crippen LogP) is 4.34. The van der Waals surface area contributed by atoms with Crippen molar-refractivity contribution in [1.29, 1.82) is 10.5 Å². The number of carbonyl (C=O) groups excluding carboxylic acids is 1. The molecule has 0 radical (unpaired) electrons. The van der Waals surface area contributed by atoms with Crippen LogP contribution in [0.4, 0.5) is 5.69 Å². The lowest BCUT2D eigenvalue weighted by Crippen LogP contribution is -2.35. The molecular formula is C25H16N4O. The van der Waals surface area contributed by atoms with E-state index < -0.39 is 6.04 Å². The maximum absolute atomic E-state index is 12.2. The van der Waals surface area contributed by atoms with E-state index in [0.717, 1.165) is 17.5 Å². The first-order valence-corrected chi connectivity index (χ1v) is 9.34. The number of para-hydroxylation sites is 1. The van der Waals surface area contributed by atoms with E-state index in [-0.39, 0.29) is 0 Å². The quantitative estimate of drug-likeness (QED) is 0.621. The third-order valence-corrected chi connectivity index (χ3v) is 4.91. The van der Waals surface area contributed by atoms with Gasteiger partial charge in [0.1, 0.15) is 24.1 Å². The first-order chi connectivity index (χ1) is 14.7. The Kier molecular flexibility index (Phi) is 5.19. The van der Waals surface area contributed by atoms with Crippen molar-refractivity contribution in [3.63, 3.8) is 0 Å². The largest absolute Gasteiger partial charge is 0.333 e. The molecule has 5 nitrogen and oxygen atoms in total. The summed E-state index contributed by atoms with van der Waals surface area (Å²) in [5, 5.41) is 18.8. The number of pyridine rings is 1. The van der Waals surface area contributed by atoms with Crippen LogP contribution in [0.2, 0.25) is 0 Å². The summed E-state index contributed by atoms with van der Waals surface area (Å²) in [7, 11) is 0. The Bertz CT molecular complexity index is 1250. The highest BCUT2D eigenvalue weighted by Crippen LogP contribution is 2.35. The van der Waals surface area contributed by atoms with Gasteiger partial charge in [0.25, 0.3) is 0 Å². The lowest BCUT2D eigenvalue weighted by atomic mass is 9.89. The van der Waals surface area contributed by atoms with Crippen molar-refractivity contribution in [2.75, 3.05) is 4.90 Å². The minimum atomic E-state index is -0.607. The molecule has 2 heterocycles. The van der Waals surface area contributed by atoms with E-state index in [1.807, 2.05) is 65.7 Å². The lowest BCUT2D eigenvalue weighted by molar-refractivity contribution is -0.107. The van der Waals surface area contributed by atoms with Crippen LogP contribution < -0.4 is 4.90 Å². The van der Waals surface area contributed by atoms with Crippen LogP contribution in [0.15, 0.2) is 85.1 Å². The Morgan fingerprint density at radius 1 is 0.900 bits per heavy atom. The summed E-state index contributed by atoms with van der Waals surface area (Å²) in [6.07, 6.45) is 4.61. The molecule has 5 heteroatoms. The number of nitrogens with zero attached hydrogens (tertiary/aromatic N) is 4. The van der Waals surface area contributed by atoms with E-state index in [1.54, 1.807) is 24.3 Å². The number of aldehydes is 1. The molecule has 0 saturated heterocycles. The van der Waals surface area contributed by atoms with Gasteiger partial charge in [0.05, 0.1) is 17.3 Å². The summed E-state index contributed by atoms with van der Waals surface area (Å²) in [6.45, 7) is 0. The molecule has 0 aliphatic carbocycles. The highest BCUT2D eigenvalue weighted by molar-refractivity contribution is 5.99. The molecular weight excluding hydrogens is 372 g/mol. The number of hydrogen-bond donors (Lipinski definition) is 0. The third-order valence-electron chi connectivity index (χ3n) is 4.91. The molecule has 142 valence electrons. The third kappa shape index (κ3) is 3.48. The number of allylic oxidation sites excluding steroid dienone is 2. The maximum atomic E-state index is 12.2. The SMILES string of the molecule is N#Cc1cccc(C2=CN(c3ccccc3)C(C=O)C(c3ccccc3C#N)=C2)n1. The second kappa shape index (κ2) is 8.26. The molecule has 0 bridgehead atoms. The number of rotatable bonds is 4. The van der Waals surface area contributed by atoms with Gasteiger partial charge in [-0.3, -0.25) is 0 Å². The van der Waals surface area contributed by atoms with Crippen molar-refractivity contribution in [1.82, 2.24) is 4.98 Å².